The largest absolute Gasteiger partial charge is 0.455 e. The summed E-state index contributed by atoms with van der Waals surface area (Å²) in [6, 6.07) is 93.1. The lowest BCUT2D eigenvalue weighted by atomic mass is 9.89. The Morgan fingerprint density at radius 2 is 0.609 bits per heavy atom. The molecule has 0 unspecified atom stereocenters. The molecule has 0 saturated heterocycles. The van der Waals surface area contributed by atoms with Gasteiger partial charge in [-0.15, -0.1) is 0 Å². The molecule has 13 rings (SSSR count). The zero-order valence-electron chi connectivity index (χ0n) is 37.6. The zero-order valence-corrected chi connectivity index (χ0v) is 37.6. The van der Waals surface area contributed by atoms with Gasteiger partial charge in [-0.25, -0.2) is 0 Å². The van der Waals surface area contributed by atoms with Crippen molar-refractivity contribution in [2.45, 2.75) is 0 Å². The third-order valence-corrected chi connectivity index (χ3v) is 13.5. The van der Waals surface area contributed by atoms with Crippen molar-refractivity contribution >= 4 is 60.9 Å². The molecule has 324 valence electrons. The summed E-state index contributed by atoms with van der Waals surface area (Å²) in [7, 11) is 0. The van der Waals surface area contributed by atoms with Gasteiger partial charge in [-0.2, -0.15) is 0 Å². The van der Waals surface area contributed by atoms with Gasteiger partial charge in [0.25, 0.3) is 0 Å². The van der Waals surface area contributed by atoms with Crippen LogP contribution in [0.1, 0.15) is 0 Å². The molecule has 3 heteroatoms. The highest BCUT2D eigenvalue weighted by Gasteiger charge is 2.21. The monoisotopic (exact) mass is 881 g/mol. The van der Waals surface area contributed by atoms with Crippen LogP contribution in [0.3, 0.4) is 0 Å². The second-order valence-corrected chi connectivity index (χ2v) is 17.6. The van der Waals surface area contributed by atoms with Gasteiger partial charge in [0.2, 0.25) is 0 Å². The van der Waals surface area contributed by atoms with Gasteiger partial charge < -0.3 is 13.7 Å². The third kappa shape index (κ3) is 7.25. The lowest BCUT2D eigenvalue weighted by molar-refractivity contribution is 0.669. The molecule has 2 aromatic heterocycles. The van der Waals surface area contributed by atoms with Gasteiger partial charge in [0, 0.05) is 49.7 Å². The molecule has 0 aliphatic carbocycles. The van der Waals surface area contributed by atoms with Crippen molar-refractivity contribution in [2.24, 2.45) is 0 Å². The van der Waals surface area contributed by atoms with E-state index in [4.69, 9.17) is 8.83 Å². The molecule has 0 spiro atoms. The number of benzene rings is 11. The first-order valence-corrected chi connectivity index (χ1v) is 23.5. The Balaban J connectivity index is 0.969. The Hall–Kier alpha value is -9.18. The summed E-state index contributed by atoms with van der Waals surface area (Å²) in [4.78, 5) is 2.38. The van der Waals surface area contributed by atoms with Crippen LogP contribution < -0.4 is 4.90 Å². The predicted octanol–water partition coefficient (Wildman–Crippen LogP) is 19.0. The SMILES string of the molecule is c1ccc(-c2ccc(N(c3ccc(-c4ccc(-c5cccc6c5oc5ccccc56)c(-c5cccc6c5oc5ccccc56)c4)cc3)c3cc(-c4ccccc4)cc(-c4ccccc4)c3)cc2)cc1. The molecule has 0 atom stereocenters. The van der Waals surface area contributed by atoms with E-state index in [0.717, 1.165) is 105 Å². The van der Waals surface area contributed by atoms with E-state index in [1.165, 1.54) is 22.3 Å². The number of furan rings is 2. The number of hydrogen-bond acceptors (Lipinski definition) is 3. The molecule has 0 bridgehead atoms. The topological polar surface area (TPSA) is 29.5 Å². The summed E-state index contributed by atoms with van der Waals surface area (Å²) in [6.45, 7) is 0. The molecule has 0 amide bonds. The van der Waals surface area contributed by atoms with Crippen LogP contribution in [0.5, 0.6) is 0 Å². The fourth-order valence-electron chi connectivity index (χ4n) is 10.1. The summed E-state index contributed by atoms with van der Waals surface area (Å²) >= 11 is 0. The van der Waals surface area contributed by atoms with E-state index in [0.29, 0.717) is 0 Å². The summed E-state index contributed by atoms with van der Waals surface area (Å²) < 4.78 is 13.4. The van der Waals surface area contributed by atoms with Crippen molar-refractivity contribution in [3.05, 3.63) is 261 Å². The Kier molecular flexibility index (Phi) is 9.84. The number of anilines is 3. The van der Waals surface area contributed by atoms with E-state index >= 15 is 0 Å². The van der Waals surface area contributed by atoms with Crippen molar-refractivity contribution in [3.63, 3.8) is 0 Å². The molecular weight excluding hydrogens is 839 g/mol. The predicted molar refractivity (Wildman–Crippen MR) is 288 cm³/mol. The van der Waals surface area contributed by atoms with E-state index in [9.17, 15) is 0 Å². The number of fused-ring (bicyclic) bond motifs is 6. The van der Waals surface area contributed by atoms with E-state index in [2.05, 4.69) is 248 Å². The molecule has 0 aliphatic rings. The third-order valence-electron chi connectivity index (χ3n) is 13.5. The van der Waals surface area contributed by atoms with Crippen molar-refractivity contribution < 1.29 is 8.83 Å². The van der Waals surface area contributed by atoms with Gasteiger partial charge in [-0.05, 0) is 116 Å². The summed E-state index contributed by atoms with van der Waals surface area (Å²) in [5, 5.41) is 4.40. The highest BCUT2D eigenvalue weighted by Crippen LogP contribution is 2.46. The van der Waals surface area contributed by atoms with Crippen molar-refractivity contribution in [1.82, 2.24) is 0 Å². The quantitative estimate of drug-likeness (QED) is 0.145. The summed E-state index contributed by atoms with van der Waals surface area (Å²) in [6.07, 6.45) is 0. The first-order valence-electron chi connectivity index (χ1n) is 23.5. The minimum Gasteiger partial charge on any atom is -0.455 e. The highest BCUT2D eigenvalue weighted by atomic mass is 16.3. The molecule has 0 aliphatic heterocycles. The maximum atomic E-state index is 6.71. The van der Waals surface area contributed by atoms with Crippen LogP contribution in [0.4, 0.5) is 17.1 Å². The van der Waals surface area contributed by atoms with Crippen LogP contribution in [0.15, 0.2) is 270 Å². The van der Waals surface area contributed by atoms with E-state index < -0.39 is 0 Å². The lowest BCUT2D eigenvalue weighted by Gasteiger charge is -2.27. The van der Waals surface area contributed by atoms with E-state index in [1.807, 2.05) is 18.2 Å². The van der Waals surface area contributed by atoms with Gasteiger partial charge in [0.1, 0.15) is 22.3 Å². The number of hydrogen-bond donors (Lipinski definition) is 0. The number of rotatable bonds is 9. The Morgan fingerprint density at radius 3 is 1.12 bits per heavy atom. The van der Waals surface area contributed by atoms with Crippen LogP contribution in [-0.4, -0.2) is 0 Å². The average molecular weight is 882 g/mol. The molecule has 3 nitrogen and oxygen atoms in total. The Labute approximate surface area is 400 Å². The fourth-order valence-corrected chi connectivity index (χ4v) is 10.1. The summed E-state index contributed by atoms with van der Waals surface area (Å²) in [5.41, 5.74) is 20.1. The van der Waals surface area contributed by atoms with E-state index in [-0.39, 0.29) is 0 Å². The average Bonchev–Trinajstić information content (AvgIpc) is 4.01. The molecular formula is C66H43NO2. The molecule has 0 N–H and O–H groups in total. The van der Waals surface area contributed by atoms with Crippen LogP contribution >= 0.6 is 0 Å². The maximum Gasteiger partial charge on any atom is 0.143 e. The van der Waals surface area contributed by atoms with Crippen LogP contribution in [0.2, 0.25) is 0 Å². The van der Waals surface area contributed by atoms with Crippen molar-refractivity contribution in [1.29, 1.82) is 0 Å². The molecule has 2 heterocycles. The van der Waals surface area contributed by atoms with Gasteiger partial charge in [-0.1, -0.05) is 200 Å². The Morgan fingerprint density at radius 1 is 0.217 bits per heavy atom. The van der Waals surface area contributed by atoms with Crippen LogP contribution in [-0.2, 0) is 0 Å². The minimum absolute atomic E-state index is 0.866. The summed E-state index contributed by atoms with van der Waals surface area (Å²) in [5.74, 6) is 0. The van der Waals surface area contributed by atoms with Crippen molar-refractivity contribution in [2.75, 3.05) is 4.90 Å². The number of nitrogens with zero attached hydrogens (tertiary/aromatic N) is 1. The first kappa shape index (κ1) is 40.1. The van der Waals surface area contributed by atoms with Gasteiger partial charge >= 0.3 is 0 Å². The molecule has 69 heavy (non-hydrogen) atoms. The fraction of sp³-hybridized carbons (Fsp3) is 0. The molecule has 0 saturated carbocycles. The smallest absolute Gasteiger partial charge is 0.143 e. The molecule has 13 aromatic rings. The standard InChI is InChI=1S/C66H43NO2/c1-4-16-44(17-5-1)47-30-35-52(36-31-47)67(54-41-50(45-18-6-2-7-19-45)40-51(42-54)46-20-8-3-9-21-46)53-37-32-48(33-38-53)49-34-39-55(58-24-14-25-59-56-22-10-12-28-63(56)68-65(58)59)62(43-49)61-27-15-26-60-57-23-11-13-29-64(57)69-66(60)61/h1-43H. The highest BCUT2D eigenvalue weighted by molar-refractivity contribution is 6.14. The normalized spacial score (nSPS) is 11.5. The molecule has 0 radical (unpaired) electrons. The van der Waals surface area contributed by atoms with Crippen molar-refractivity contribution in [3.8, 4) is 66.8 Å². The van der Waals surface area contributed by atoms with Gasteiger partial charge in [0.05, 0.1) is 0 Å². The first-order chi connectivity index (χ1) is 34.2. The second-order valence-electron chi connectivity index (χ2n) is 17.6. The Bertz CT molecular complexity index is 3920. The second kappa shape index (κ2) is 16.9. The minimum atomic E-state index is 0.866. The van der Waals surface area contributed by atoms with Gasteiger partial charge in [0.15, 0.2) is 0 Å². The number of para-hydroxylation sites is 4. The molecule has 11 aromatic carbocycles. The maximum absolute atomic E-state index is 6.71. The van der Waals surface area contributed by atoms with Crippen LogP contribution in [0.25, 0.3) is 111 Å². The lowest BCUT2D eigenvalue weighted by Crippen LogP contribution is -2.10. The van der Waals surface area contributed by atoms with Gasteiger partial charge in [-0.3, -0.25) is 0 Å². The zero-order chi connectivity index (χ0) is 45.7. The van der Waals surface area contributed by atoms with E-state index in [1.54, 1.807) is 0 Å². The van der Waals surface area contributed by atoms with Crippen LogP contribution in [0, 0.1) is 0 Å². The molecule has 0 fully saturated rings.